The van der Waals surface area contributed by atoms with Gasteiger partial charge in [-0.15, -0.1) is 0 Å². The summed E-state index contributed by atoms with van der Waals surface area (Å²) in [6.07, 6.45) is 2.45. The SMILES string of the molecule is CC1COC(CO)CN1c1ccc(CNC2CC2)cc1Cl. The number of benzene rings is 1. The predicted octanol–water partition coefficient (Wildman–Crippen LogP) is 2.18. The third-order valence-corrected chi connectivity index (χ3v) is 4.51. The second-order valence-electron chi connectivity index (χ2n) is 6.08. The van der Waals surface area contributed by atoms with Crippen LogP contribution in [0.5, 0.6) is 0 Å². The standard InChI is InChI=1S/C16H23ClN2O2/c1-11-10-21-14(9-20)8-19(11)16-5-2-12(6-15(16)17)7-18-13-3-4-13/h2,5-6,11,13-14,18,20H,3-4,7-10H2,1H3. The lowest BCUT2D eigenvalue weighted by Crippen LogP contribution is -2.49. The van der Waals surface area contributed by atoms with E-state index in [2.05, 4.69) is 29.3 Å². The van der Waals surface area contributed by atoms with Gasteiger partial charge >= 0.3 is 0 Å². The Hall–Kier alpha value is -0.810. The van der Waals surface area contributed by atoms with E-state index in [9.17, 15) is 5.11 Å². The summed E-state index contributed by atoms with van der Waals surface area (Å²) in [5.41, 5.74) is 2.25. The maximum Gasteiger partial charge on any atom is 0.0981 e. The first-order valence-electron chi connectivity index (χ1n) is 7.68. The van der Waals surface area contributed by atoms with Gasteiger partial charge in [0.15, 0.2) is 0 Å². The smallest absolute Gasteiger partial charge is 0.0981 e. The van der Waals surface area contributed by atoms with Crippen LogP contribution in [-0.4, -0.2) is 43.1 Å². The van der Waals surface area contributed by atoms with Crippen molar-refractivity contribution >= 4 is 17.3 Å². The van der Waals surface area contributed by atoms with E-state index < -0.39 is 0 Å². The molecule has 116 valence electrons. The number of hydrogen-bond acceptors (Lipinski definition) is 4. The van der Waals surface area contributed by atoms with Crippen LogP contribution in [0.3, 0.4) is 0 Å². The van der Waals surface area contributed by atoms with E-state index in [-0.39, 0.29) is 18.8 Å². The average molecular weight is 311 g/mol. The van der Waals surface area contributed by atoms with Crippen LogP contribution in [0, 0.1) is 0 Å². The van der Waals surface area contributed by atoms with E-state index in [1.54, 1.807) is 0 Å². The highest BCUT2D eigenvalue weighted by Gasteiger charge is 2.27. The largest absolute Gasteiger partial charge is 0.394 e. The molecule has 1 aromatic carbocycles. The lowest BCUT2D eigenvalue weighted by atomic mass is 10.1. The molecule has 0 bridgehead atoms. The second kappa shape index (κ2) is 6.53. The molecule has 0 aromatic heterocycles. The third-order valence-electron chi connectivity index (χ3n) is 4.20. The minimum atomic E-state index is -0.131. The third kappa shape index (κ3) is 3.69. The Morgan fingerprint density at radius 1 is 1.43 bits per heavy atom. The number of nitrogens with zero attached hydrogens (tertiary/aromatic N) is 1. The van der Waals surface area contributed by atoms with Crippen molar-refractivity contribution in [3.8, 4) is 0 Å². The average Bonchev–Trinajstić information content (AvgIpc) is 3.30. The molecule has 1 aromatic rings. The van der Waals surface area contributed by atoms with Gasteiger partial charge in [-0.3, -0.25) is 0 Å². The fraction of sp³-hybridized carbons (Fsp3) is 0.625. The Labute approximate surface area is 131 Å². The van der Waals surface area contributed by atoms with Crippen LogP contribution in [0.4, 0.5) is 5.69 Å². The summed E-state index contributed by atoms with van der Waals surface area (Å²) in [6, 6.07) is 7.23. The minimum Gasteiger partial charge on any atom is -0.394 e. The lowest BCUT2D eigenvalue weighted by Gasteiger charge is -2.39. The molecule has 0 radical (unpaired) electrons. The number of ether oxygens (including phenoxy) is 1. The molecule has 2 atom stereocenters. The molecule has 1 saturated heterocycles. The van der Waals surface area contributed by atoms with Gasteiger partial charge in [0.1, 0.15) is 0 Å². The molecule has 4 nitrogen and oxygen atoms in total. The molecule has 1 saturated carbocycles. The molecule has 1 aliphatic carbocycles. The van der Waals surface area contributed by atoms with Crippen LogP contribution in [0.1, 0.15) is 25.3 Å². The number of hydrogen-bond donors (Lipinski definition) is 2. The van der Waals surface area contributed by atoms with Crippen molar-refractivity contribution in [2.45, 2.75) is 44.5 Å². The second-order valence-corrected chi connectivity index (χ2v) is 6.49. The number of nitrogens with one attached hydrogen (secondary N) is 1. The zero-order valence-corrected chi connectivity index (χ0v) is 13.1. The van der Waals surface area contributed by atoms with Gasteiger partial charge in [0, 0.05) is 25.2 Å². The van der Waals surface area contributed by atoms with Gasteiger partial charge in [-0.2, -0.15) is 0 Å². The highest BCUT2D eigenvalue weighted by atomic mass is 35.5. The van der Waals surface area contributed by atoms with Crippen LogP contribution in [0.15, 0.2) is 18.2 Å². The van der Waals surface area contributed by atoms with Gasteiger partial charge in [0.2, 0.25) is 0 Å². The number of morpholine rings is 1. The topological polar surface area (TPSA) is 44.7 Å². The molecular formula is C16H23ClN2O2. The number of aliphatic hydroxyl groups excluding tert-OH is 1. The van der Waals surface area contributed by atoms with Crippen LogP contribution in [0.2, 0.25) is 5.02 Å². The van der Waals surface area contributed by atoms with Crippen LogP contribution >= 0.6 is 11.6 Å². The summed E-state index contributed by atoms with van der Waals surface area (Å²) in [5, 5.41) is 13.6. The molecule has 2 fully saturated rings. The molecule has 0 amide bonds. The monoisotopic (exact) mass is 310 g/mol. The van der Waals surface area contributed by atoms with Gasteiger partial charge in [-0.25, -0.2) is 0 Å². The van der Waals surface area contributed by atoms with Crippen molar-refractivity contribution in [3.05, 3.63) is 28.8 Å². The zero-order chi connectivity index (χ0) is 14.8. The van der Waals surface area contributed by atoms with Gasteiger partial charge in [0.25, 0.3) is 0 Å². The van der Waals surface area contributed by atoms with Crippen molar-refractivity contribution in [2.24, 2.45) is 0 Å². The number of anilines is 1. The number of halogens is 1. The van der Waals surface area contributed by atoms with E-state index in [1.807, 2.05) is 6.07 Å². The fourth-order valence-electron chi connectivity index (χ4n) is 2.71. The minimum absolute atomic E-state index is 0.0459. The van der Waals surface area contributed by atoms with Crippen molar-refractivity contribution in [3.63, 3.8) is 0 Å². The summed E-state index contributed by atoms with van der Waals surface area (Å²) < 4.78 is 5.58. The first-order chi connectivity index (χ1) is 10.2. The van der Waals surface area contributed by atoms with E-state index in [0.29, 0.717) is 19.2 Å². The van der Waals surface area contributed by atoms with E-state index in [0.717, 1.165) is 17.3 Å². The normalized spacial score (nSPS) is 26.1. The summed E-state index contributed by atoms with van der Waals surface area (Å²) >= 11 is 6.48. The Balaban J connectivity index is 1.71. The Morgan fingerprint density at radius 2 is 2.24 bits per heavy atom. The molecular weight excluding hydrogens is 288 g/mol. The van der Waals surface area contributed by atoms with E-state index in [1.165, 1.54) is 18.4 Å². The van der Waals surface area contributed by atoms with E-state index >= 15 is 0 Å². The van der Waals surface area contributed by atoms with Crippen molar-refractivity contribution in [2.75, 3.05) is 24.7 Å². The summed E-state index contributed by atoms with van der Waals surface area (Å²) in [6.45, 7) is 4.34. The molecule has 2 N–H and O–H groups in total. The predicted molar refractivity (Wildman–Crippen MR) is 84.9 cm³/mol. The number of rotatable bonds is 5. The molecule has 3 rings (SSSR count). The highest BCUT2D eigenvalue weighted by Crippen LogP contribution is 2.31. The molecule has 1 heterocycles. The molecule has 2 unspecified atom stereocenters. The summed E-state index contributed by atoms with van der Waals surface area (Å²) in [7, 11) is 0. The van der Waals surface area contributed by atoms with Crippen molar-refractivity contribution in [1.29, 1.82) is 0 Å². The lowest BCUT2D eigenvalue weighted by molar-refractivity contribution is -0.0103. The van der Waals surface area contributed by atoms with Crippen LogP contribution in [0.25, 0.3) is 0 Å². The van der Waals surface area contributed by atoms with Crippen LogP contribution < -0.4 is 10.2 Å². The maximum atomic E-state index is 9.29. The summed E-state index contributed by atoms with van der Waals surface area (Å²) in [4.78, 5) is 2.23. The highest BCUT2D eigenvalue weighted by molar-refractivity contribution is 6.33. The van der Waals surface area contributed by atoms with Gasteiger partial charge in [-0.1, -0.05) is 17.7 Å². The summed E-state index contributed by atoms with van der Waals surface area (Å²) in [5.74, 6) is 0. The van der Waals surface area contributed by atoms with Gasteiger partial charge < -0.3 is 20.1 Å². The Morgan fingerprint density at radius 3 is 2.90 bits per heavy atom. The van der Waals surface area contributed by atoms with Gasteiger partial charge in [-0.05, 0) is 37.5 Å². The molecule has 5 heteroatoms. The fourth-order valence-corrected chi connectivity index (χ4v) is 3.02. The quantitative estimate of drug-likeness (QED) is 0.875. The first kappa shape index (κ1) is 15.1. The van der Waals surface area contributed by atoms with Crippen LogP contribution in [-0.2, 0) is 11.3 Å². The Kier molecular flexibility index (Phi) is 4.69. The zero-order valence-electron chi connectivity index (χ0n) is 12.4. The molecule has 21 heavy (non-hydrogen) atoms. The Bertz CT molecular complexity index is 493. The molecule has 1 aliphatic heterocycles. The maximum absolute atomic E-state index is 9.29. The van der Waals surface area contributed by atoms with Gasteiger partial charge in [0.05, 0.1) is 30.0 Å². The molecule has 0 spiro atoms. The number of aliphatic hydroxyl groups is 1. The molecule has 2 aliphatic rings. The van der Waals surface area contributed by atoms with E-state index in [4.69, 9.17) is 16.3 Å². The van der Waals surface area contributed by atoms with Crippen molar-refractivity contribution < 1.29 is 9.84 Å². The van der Waals surface area contributed by atoms with Crippen molar-refractivity contribution in [1.82, 2.24) is 5.32 Å². The first-order valence-corrected chi connectivity index (χ1v) is 8.06.